The second-order valence-corrected chi connectivity index (χ2v) is 7.42. The molecule has 2 heterocycles. The van der Waals surface area contributed by atoms with Crippen LogP contribution < -0.4 is 10.7 Å². The first-order chi connectivity index (χ1) is 13.4. The van der Waals surface area contributed by atoms with Gasteiger partial charge in [-0.05, 0) is 50.1 Å². The summed E-state index contributed by atoms with van der Waals surface area (Å²) in [6, 6.07) is 8.90. The summed E-state index contributed by atoms with van der Waals surface area (Å²) in [5, 5.41) is 12.8. The van der Waals surface area contributed by atoms with E-state index in [1.807, 2.05) is 38.3 Å². The fourth-order valence-electron chi connectivity index (χ4n) is 2.58. The molecule has 0 saturated heterocycles. The molecule has 1 aromatic carbocycles. The lowest BCUT2D eigenvalue weighted by atomic mass is 10.1. The number of hydrazone groups is 1. The average molecular weight is 395 g/mol. The van der Waals surface area contributed by atoms with Crippen LogP contribution in [-0.4, -0.2) is 27.3 Å². The van der Waals surface area contributed by atoms with Crippen molar-refractivity contribution in [2.24, 2.45) is 12.1 Å². The molecule has 3 rings (SSSR count). The Hall–Kier alpha value is -3.26. The van der Waals surface area contributed by atoms with Gasteiger partial charge in [-0.15, -0.1) is 11.3 Å². The summed E-state index contributed by atoms with van der Waals surface area (Å²) in [5.74, 6) is -0.451. The van der Waals surface area contributed by atoms with Gasteiger partial charge in [-0.25, -0.2) is 5.43 Å². The number of rotatable bonds is 5. The molecule has 0 saturated carbocycles. The molecule has 0 radical (unpaired) electrons. The molecule has 0 aliphatic rings. The molecule has 0 aliphatic heterocycles. The van der Waals surface area contributed by atoms with Gasteiger partial charge in [-0.1, -0.05) is 12.1 Å². The second kappa shape index (κ2) is 8.18. The first-order valence-electron chi connectivity index (χ1n) is 8.66. The number of benzene rings is 1. The van der Waals surface area contributed by atoms with Crippen molar-refractivity contribution in [1.82, 2.24) is 15.2 Å². The van der Waals surface area contributed by atoms with Crippen LogP contribution in [0.5, 0.6) is 0 Å². The van der Waals surface area contributed by atoms with Crippen LogP contribution in [0.4, 0.5) is 5.69 Å². The van der Waals surface area contributed by atoms with E-state index in [2.05, 4.69) is 20.9 Å². The van der Waals surface area contributed by atoms with Gasteiger partial charge < -0.3 is 5.32 Å². The fraction of sp³-hybridized carbons (Fsp3) is 0.200. The van der Waals surface area contributed by atoms with Gasteiger partial charge in [0.05, 0.1) is 11.3 Å². The summed E-state index contributed by atoms with van der Waals surface area (Å²) >= 11 is 1.55. The van der Waals surface area contributed by atoms with Crippen LogP contribution >= 0.6 is 11.3 Å². The number of nitrogens with zero attached hydrogens (tertiary/aromatic N) is 3. The normalized spacial score (nSPS) is 11.4. The summed E-state index contributed by atoms with van der Waals surface area (Å²) in [4.78, 5) is 25.6. The summed E-state index contributed by atoms with van der Waals surface area (Å²) in [7, 11) is 1.71. The van der Waals surface area contributed by atoms with E-state index in [1.54, 1.807) is 42.8 Å². The topological polar surface area (TPSA) is 88.4 Å². The highest BCUT2D eigenvalue weighted by Gasteiger charge is 2.12. The predicted octanol–water partition coefficient (Wildman–Crippen LogP) is 3.50. The highest BCUT2D eigenvalue weighted by Crippen LogP contribution is 2.20. The van der Waals surface area contributed by atoms with Gasteiger partial charge >= 0.3 is 0 Å². The van der Waals surface area contributed by atoms with Crippen molar-refractivity contribution >= 4 is 34.6 Å². The Morgan fingerprint density at radius 1 is 1.11 bits per heavy atom. The Morgan fingerprint density at radius 3 is 2.39 bits per heavy atom. The zero-order valence-electron chi connectivity index (χ0n) is 16.1. The van der Waals surface area contributed by atoms with Crippen LogP contribution in [0.3, 0.4) is 0 Å². The minimum atomic E-state index is -0.230. The van der Waals surface area contributed by atoms with Crippen LogP contribution in [0.2, 0.25) is 0 Å². The Morgan fingerprint density at radius 2 is 1.82 bits per heavy atom. The van der Waals surface area contributed by atoms with Gasteiger partial charge in [-0.2, -0.15) is 10.2 Å². The van der Waals surface area contributed by atoms with Crippen molar-refractivity contribution in [3.05, 3.63) is 69.2 Å². The van der Waals surface area contributed by atoms with Gasteiger partial charge in [0.1, 0.15) is 5.69 Å². The minimum Gasteiger partial charge on any atom is -0.321 e. The lowest BCUT2D eigenvalue weighted by molar-refractivity contribution is 0.0953. The highest BCUT2D eigenvalue weighted by molar-refractivity contribution is 7.10. The summed E-state index contributed by atoms with van der Waals surface area (Å²) in [6.45, 7) is 5.73. The van der Waals surface area contributed by atoms with Crippen LogP contribution in [0.1, 0.15) is 43.8 Å². The molecule has 0 aliphatic carbocycles. The van der Waals surface area contributed by atoms with Gasteiger partial charge in [0.15, 0.2) is 0 Å². The summed E-state index contributed by atoms with van der Waals surface area (Å²) < 4.78 is 1.51. The number of aryl methyl sites for hydroxylation is 2. The molecule has 0 unspecified atom stereocenters. The number of anilines is 1. The Bertz CT molecular complexity index is 1050. The van der Waals surface area contributed by atoms with Crippen LogP contribution in [-0.2, 0) is 7.05 Å². The third-order valence-corrected chi connectivity index (χ3v) is 5.48. The van der Waals surface area contributed by atoms with E-state index in [0.29, 0.717) is 22.7 Å². The van der Waals surface area contributed by atoms with E-state index in [1.165, 1.54) is 4.68 Å². The van der Waals surface area contributed by atoms with E-state index in [-0.39, 0.29) is 11.8 Å². The number of amides is 2. The van der Waals surface area contributed by atoms with Crippen LogP contribution in [0, 0.1) is 13.8 Å². The largest absolute Gasteiger partial charge is 0.321 e. The quantitative estimate of drug-likeness (QED) is 0.512. The lowest BCUT2D eigenvalue weighted by Gasteiger charge is -2.07. The fourth-order valence-corrected chi connectivity index (χ4v) is 3.45. The number of aromatic nitrogens is 2. The number of hydrogen-bond acceptors (Lipinski definition) is 5. The summed E-state index contributed by atoms with van der Waals surface area (Å²) in [6.07, 6.45) is 1.57. The van der Waals surface area contributed by atoms with E-state index < -0.39 is 0 Å². The van der Waals surface area contributed by atoms with Gasteiger partial charge in [-0.3, -0.25) is 14.3 Å². The van der Waals surface area contributed by atoms with Gasteiger partial charge in [0.25, 0.3) is 11.8 Å². The lowest BCUT2D eigenvalue weighted by Crippen LogP contribution is -2.19. The maximum Gasteiger partial charge on any atom is 0.273 e. The zero-order valence-corrected chi connectivity index (χ0v) is 16.9. The second-order valence-electron chi connectivity index (χ2n) is 6.34. The molecular weight excluding hydrogens is 374 g/mol. The van der Waals surface area contributed by atoms with Gasteiger partial charge in [0.2, 0.25) is 0 Å². The molecule has 0 fully saturated rings. The van der Waals surface area contributed by atoms with E-state index in [4.69, 9.17) is 0 Å². The average Bonchev–Trinajstić information content (AvgIpc) is 3.26. The van der Waals surface area contributed by atoms with Crippen molar-refractivity contribution in [3.63, 3.8) is 0 Å². The Kier molecular flexibility index (Phi) is 5.70. The van der Waals surface area contributed by atoms with Crippen LogP contribution in [0.25, 0.3) is 0 Å². The van der Waals surface area contributed by atoms with Crippen molar-refractivity contribution < 1.29 is 9.59 Å². The number of nitrogens with one attached hydrogen (secondary N) is 2. The first-order valence-corrected chi connectivity index (χ1v) is 9.54. The van der Waals surface area contributed by atoms with E-state index in [9.17, 15) is 9.59 Å². The van der Waals surface area contributed by atoms with E-state index >= 15 is 0 Å². The van der Waals surface area contributed by atoms with Crippen molar-refractivity contribution in [1.29, 1.82) is 0 Å². The summed E-state index contributed by atoms with van der Waals surface area (Å²) in [5.41, 5.74) is 6.87. The highest BCUT2D eigenvalue weighted by atomic mass is 32.1. The number of carbonyl (C=O) groups excluding carboxylic acids is 2. The van der Waals surface area contributed by atoms with Gasteiger partial charge in [0, 0.05) is 29.2 Å². The molecule has 0 spiro atoms. The Balaban J connectivity index is 1.64. The standard InChI is InChI=1S/C20H21N5O2S/c1-12-14(3)28-11-17(12)19(26)24-23-13(2)15-5-7-16(8-6-15)22-20(27)18-9-10-21-25(18)4/h5-11H,1-4H3,(H,22,27)(H,24,26)/b23-13+. The first kappa shape index (κ1) is 19.5. The van der Waals surface area contributed by atoms with Crippen molar-refractivity contribution in [3.8, 4) is 0 Å². The SMILES string of the molecule is C/C(=N\NC(=O)c1csc(C)c1C)c1ccc(NC(=O)c2ccnn2C)cc1. The number of carbonyl (C=O) groups is 2. The minimum absolute atomic E-state index is 0.221. The molecule has 7 nitrogen and oxygen atoms in total. The monoisotopic (exact) mass is 395 g/mol. The smallest absolute Gasteiger partial charge is 0.273 e. The molecular formula is C20H21N5O2S. The van der Waals surface area contributed by atoms with Crippen LogP contribution in [0.15, 0.2) is 47.0 Å². The number of hydrogen-bond donors (Lipinski definition) is 2. The maximum atomic E-state index is 12.3. The van der Waals surface area contributed by atoms with Crippen molar-refractivity contribution in [2.45, 2.75) is 20.8 Å². The molecule has 8 heteroatoms. The van der Waals surface area contributed by atoms with Crippen molar-refractivity contribution in [2.75, 3.05) is 5.32 Å². The zero-order chi connectivity index (χ0) is 20.3. The predicted molar refractivity (Wildman–Crippen MR) is 111 cm³/mol. The molecule has 0 bridgehead atoms. The Labute approximate surface area is 167 Å². The molecule has 2 N–H and O–H groups in total. The molecule has 144 valence electrons. The number of thiophene rings is 1. The molecule has 0 atom stereocenters. The molecule has 3 aromatic rings. The maximum absolute atomic E-state index is 12.3. The molecule has 2 aromatic heterocycles. The third-order valence-electron chi connectivity index (χ3n) is 4.47. The molecule has 2 amide bonds. The third kappa shape index (κ3) is 4.17. The van der Waals surface area contributed by atoms with E-state index in [0.717, 1.165) is 16.0 Å². The molecule has 28 heavy (non-hydrogen) atoms.